The molecule has 0 bridgehead atoms. The number of rotatable bonds is 2. The molecule has 0 saturated carbocycles. The fourth-order valence-electron chi connectivity index (χ4n) is 2.45. The first-order valence-corrected chi connectivity index (χ1v) is 6.99. The van der Waals surface area contributed by atoms with Gasteiger partial charge in [-0.1, -0.05) is 6.08 Å². The van der Waals surface area contributed by atoms with Crippen molar-refractivity contribution in [1.29, 1.82) is 0 Å². The van der Waals surface area contributed by atoms with Crippen LogP contribution in [0.3, 0.4) is 0 Å². The van der Waals surface area contributed by atoms with Crippen LogP contribution in [-0.2, 0) is 0 Å². The van der Waals surface area contributed by atoms with Gasteiger partial charge in [0.1, 0.15) is 5.82 Å². The van der Waals surface area contributed by atoms with Gasteiger partial charge in [0.25, 0.3) is 0 Å². The molecule has 0 saturated heterocycles. The Hall–Kier alpha value is -1.95. The van der Waals surface area contributed by atoms with Gasteiger partial charge in [-0.2, -0.15) is 5.10 Å². The number of hydrazone groups is 1. The molecule has 3 N–H and O–H groups in total. The number of anilines is 1. The highest BCUT2D eigenvalue weighted by Crippen LogP contribution is 2.38. The van der Waals surface area contributed by atoms with Crippen LogP contribution in [0, 0.1) is 5.82 Å². The number of hydrogen-bond acceptors (Lipinski definition) is 3. The standard InChI is InChI=1S/C15H19FN4S/c1-9-7-15(2,3)20(4)13-6-12(16)10(5-11(9)13)8-18-19-14(17)21/h5-8H,1-4H3,(H3,17,19,21)/b18-8-. The van der Waals surface area contributed by atoms with Gasteiger partial charge < -0.3 is 10.6 Å². The second-order valence-electron chi connectivity index (χ2n) is 5.67. The van der Waals surface area contributed by atoms with E-state index in [0.29, 0.717) is 5.56 Å². The average molecular weight is 306 g/mol. The average Bonchev–Trinajstić information content (AvgIpc) is 2.36. The number of nitrogens with zero attached hydrogens (tertiary/aromatic N) is 2. The maximum absolute atomic E-state index is 14.2. The maximum atomic E-state index is 14.2. The van der Waals surface area contributed by atoms with Crippen LogP contribution in [0.1, 0.15) is 31.9 Å². The van der Waals surface area contributed by atoms with Crippen molar-refractivity contribution in [2.45, 2.75) is 26.3 Å². The Bertz CT molecular complexity index is 649. The highest BCUT2D eigenvalue weighted by molar-refractivity contribution is 7.80. The van der Waals surface area contributed by atoms with E-state index in [9.17, 15) is 4.39 Å². The van der Waals surface area contributed by atoms with Crippen molar-refractivity contribution in [2.75, 3.05) is 11.9 Å². The molecule has 2 rings (SSSR count). The van der Waals surface area contributed by atoms with E-state index >= 15 is 0 Å². The quantitative estimate of drug-likeness (QED) is 0.501. The predicted octanol–water partition coefficient (Wildman–Crippen LogP) is 2.62. The smallest absolute Gasteiger partial charge is 0.184 e. The minimum absolute atomic E-state index is 0.0437. The summed E-state index contributed by atoms with van der Waals surface area (Å²) in [5, 5.41) is 3.85. The normalized spacial score (nSPS) is 16.6. The monoisotopic (exact) mass is 306 g/mol. The summed E-state index contributed by atoms with van der Waals surface area (Å²) in [4.78, 5) is 2.06. The van der Waals surface area contributed by atoms with E-state index < -0.39 is 0 Å². The van der Waals surface area contributed by atoms with Gasteiger partial charge in [0, 0.05) is 23.9 Å². The Morgan fingerprint density at radius 1 is 1.48 bits per heavy atom. The summed E-state index contributed by atoms with van der Waals surface area (Å²) in [6.45, 7) is 6.22. The molecule has 0 amide bonds. The fourth-order valence-corrected chi connectivity index (χ4v) is 2.50. The van der Waals surface area contributed by atoms with Crippen LogP contribution < -0.4 is 16.1 Å². The first-order chi connectivity index (χ1) is 9.72. The molecule has 1 heterocycles. The SMILES string of the molecule is CC1=CC(C)(C)N(C)c2cc(F)c(/C=N\NC(N)=S)cc21. The van der Waals surface area contributed by atoms with Crippen molar-refractivity contribution >= 4 is 34.8 Å². The van der Waals surface area contributed by atoms with E-state index in [1.165, 1.54) is 12.3 Å². The molecule has 0 radical (unpaired) electrons. The summed E-state index contributed by atoms with van der Waals surface area (Å²) >= 11 is 4.64. The Morgan fingerprint density at radius 3 is 2.76 bits per heavy atom. The Morgan fingerprint density at radius 2 is 2.14 bits per heavy atom. The van der Waals surface area contributed by atoms with E-state index in [4.69, 9.17) is 5.73 Å². The molecule has 1 aromatic rings. The summed E-state index contributed by atoms with van der Waals surface area (Å²) in [7, 11) is 1.96. The van der Waals surface area contributed by atoms with Gasteiger partial charge in [-0.3, -0.25) is 5.43 Å². The minimum atomic E-state index is -0.334. The highest BCUT2D eigenvalue weighted by Gasteiger charge is 2.29. The molecule has 4 nitrogen and oxygen atoms in total. The minimum Gasteiger partial charge on any atom is -0.375 e. The fraction of sp³-hybridized carbons (Fsp3) is 0.333. The molecular formula is C15H19FN4S. The molecule has 0 fully saturated rings. The molecule has 1 aromatic carbocycles. The lowest BCUT2D eigenvalue weighted by Crippen LogP contribution is -2.42. The number of allylic oxidation sites excluding steroid dienone is 1. The molecule has 112 valence electrons. The molecule has 0 unspecified atom stereocenters. The Balaban J connectivity index is 2.46. The van der Waals surface area contributed by atoms with Gasteiger partial charge in [0.15, 0.2) is 5.11 Å². The lowest BCUT2D eigenvalue weighted by atomic mass is 9.88. The number of thiocarbonyl (C=S) groups is 1. The molecule has 1 aliphatic rings. The lowest BCUT2D eigenvalue weighted by Gasteiger charge is -2.40. The van der Waals surface area contributed by atoms with Gasteiger partial charge in [-0.25, -0.2) is 4.39 Å². The van der Waals surface area contributed by atoms with Gasteiger partial charge in [0.2, 0.25) is 0 Å². The van der Waals surface area contributed by atoms with Crippen molar-refractivity contribution < 1.29 is 4.39 Å². The van der Waals surface area contributed by atoms with Gasteiger partial charge >= 0.3 is 0 Å². The largest absolute Gasteiger partial charge is 0.375 e. The maximum Gasteiger partial charge on any atom is 0.184 e. The second-order valence-corrected chi connectivity index (χ2v) is 6.10. The van der Waals surface area contributed by atoms with E-state index in [-0.39, 0.29) is 16.5 Å². The summed E-state index contributed by atoms with van der Waals surface area (Å²) in [5.41, 5.74) is 10.9. The van der Waals surface area contributed by atoms with Gasteiger partial charge in [0.05, 0.1) is 11.8 Å². The molecule has 6 heteroatoms. The van der Waals surface area contributed by atoms with Crippen LogP contribution in [0.4, 0.5) is 10.1 Å². The zero-order valence-electron chi connectivity index (χ0n) is 12.6. The van der Waals surface area contributed by atoms with Crippen molar-refractivity contribution in [3.63, 3.8) is 0 Å². The van der Waals surface area contributed by atoms with Crippen LogP contribution in [0.2, 0.25) is 0 Å². The molecule has 21 heavy (non-hydrogen) atoms. The van der Waals surface area contributed by atoms with Crippen molar-refractivity contribution in [1.82, 2.24) is 5.43 Å². The molecule has 0 aliphatic carbocycles. The summed E-state index contributed by atoms with van der Waals surface area (Å²) in [6, 6.07) is 3.32. The zero-order valence-corrected chi connectivity index (χ0v) is 13.4. The molecule has 1 aliphatic heterocycles. The van der Waals surface area contributed by atoms with E-state index in [0.717, 1.165) is 16.8 Å². The number of halogens is 1. The Labute approximate surface area is 129 Å². The molecule has 0 atom stereocenters. The summed E-state index contributed by atoms with van der Waals surface area (Å²) in [5.74, 6) is -0.334. The predicted molar refractivity (Wildman–Crippen MR) is 90.0 cm³/mol. The van der Waals surface area contributed by atoms with Crippen molar-refractivity contribution in [3.8, 4) is 0 Å². The van der Waals surface area contributed by atoms with Crippen LogP contribution in [0.25, 0.3) is 5.57 Å². The third-order valence-corrected chi connectivity index (χ3v) is 3.81. The van der Waals surface area contributed by atoms with Crippen molar-refractivity contribution in [2.24, 2.45) is 10.8 Å². The number of nitrogens with two attached hydrogens (primary N) is 1. The summed E-state index contributed by atoms with van der Waals surface area (Å²) in [6.07, 6.45) is 3.54. The van der Waals surface area contributed by atoms with Crippen LogP contribution >= 0.6 is 12.2 Å². The third-order valence-electron chi connectivity index (χ3n) is 3.71. The second kappa shape index (κ2) is 5.44. The summed E-state index contributed by atoms with van der Waals surface area (Å²) < 4.78 is 14.2. The number of nitrogens with one attached hydrogen (secondary N) is 1. The zero-order chi connectivity index (χ0) is 15.8. The van der Waals surface area contributed by atoms with Gasteiger partial charge in [-0.15, -0.1) is 0 Å². The van der Waals surface area contributed by atoms with Crippen LogP contribution in [0.15, 0.2) is 23.3 Å². The number of benzene rings is 1. The van der Waals surface area contributed by atoms with E-state index in [2.05, 4.69) is 47.6 Å². The van der Waals surface area contributed by atoms with E-state index in [1.54, 1.807) is 6.07 Å². The first-order valence-electron chi connectivity index (χ1n) is 6.58. The van der Waals surface area contributed by atoms with Gasteiger partial charge in [-0.05, 0) is 50.7 Å². The van der Waals surface area contributed by atoms with Crippen LogP contribution in [0.5, 0.6) is 0 Å². The first kappa shape index (κ1) is 15.4. The van der Waals surface area contributed by atoms with E-state index in [1.807, 2.05) is 14.0 Å². The van der Waals surface area contributed by atoms with Crippen LogP contribution in [-0.4, -0.2) is 23.9 Å². The Kier molecular flexibility index (Phi) is 4.00. The number of hydrogen-bond donors (Lipinski definition) is 2. The molecule has 0 aromatic heterocycles. The third kappa shape index (κ3) is 3.05. The lowest BCUT2D eigenvalue weighted by molar-refractivity contribution is 0.588. The van der Waals surface area contributed by atoms with Crippen molar-refractivity contribution in [3.05, 3.63) is 35.2 Å². The number of fused-ring (bicyclic) bond motifs is 1. The highest BCUT2D eigenvalue weighted by atomic mass is 32.1. The number of likely N-dealkylation sites (N-methyl/N-ethyl adjacent to an activating group) is 1. The molecular weight excluding hydrogens is 287 g/mol. The topological polar surface area (TPSA) is 53.6 Å². The molecule has 0 spiro atoms.